The largest absolute Gasteiger partial charge is 0.361 e. The van der Waals surface area contributed by atoms with Gasteiger partial charge in [-0.2, -0.15) is 0 Å². The number of aromatic nitrogens is 2. The molecule has 0 radical (unpaired) electrons. The van der Waals surface area contributed by atoms with E-state index in [1.807, 2.05) is 19.9 Å². The van der Waals surface area contributed by atoms with Crippen molar-refractivity contribution in [3.8, 4) is 0 Å². The van der Waals surface area contributed by atoms with Gasteiger partial charge in [-0.05, 0) is 43.7 Å². The van der Waals surface area contributed by atoms with Gasteiger partial charge in [-0.15, -0.1) is 0 Å². The first-order valence-corrected chi connectivity index (χ1v) is 9.94. The van der Waals surface area contributed by atoms with Gasteiger partial charge in [0.1, 0.15) is 10.8 Å². The van der Waals surface area contributed by atoms with Crippen LogP contribution in [0.15, 0.2) is 52.1 Å². The molecule has 0 aliphatic carbocycles. The van der Waals surface area contributed by atoms with Crippen LogP contribution in [0.2, 0.25) is 10.0 Å². The fraction of sp³-hybridized carbons (Fsp3) is 0.211. The molecule has 2 aromatic heterocycles. The third-order valence-electron chi connectivity index (χ3n) is 3.83. The maximum absolute atomic E-state index is 12.8. The lowest BCUT2D eigenvalue weighted by Gasteiger charge is -2.17. The van der Waals surface area contributed by atoms with Crippen LogP contribution in [-0.2, 0) is 5.75 Å². The van der Waals surface area contributed by atoms with Crippen LogP contribution < -0.4 is 5.32 Å². The van der Waals surface area contributed by atoms with Crippen molar-refractivity contribution < 1.29 is 9.32 Å². The quantitative estimate of drug-likeness (QED) is 0.534. The second-order valence-electron chi connectivity index (χ2n) is 5.93. The molecule has 0 spiro atoms. The molecule has 1 amide bonds. The highest BCUT2D eigenvalue weighted by Crippen LogP contribution is 2.28. The maximum Gasteiger partial charge on any atom is 0.254 e. The molecular formula is C19H17Cl2N3O2S. The molecule has 5 nitrogen and oxygen atoms in total. The molecular weight excluding hydrogens is 405 g/mol. The maximum atomic E-state index is 12.8. The van der Waals surface area contributed by atoms with Crippen molar-refractivity contribution >= 4 is 40.9 Å². The first-order valence-electron chi connectivity index (χ1n) is 8.20. The van der Waals surface area contributed by atoms with E-state index in [1.165, 1.54) is 11.8 Å². The molecule has 1 N–H and O–H groups in total. The highest BCUT2D eigenvalue weighted by Gasteiger charge is 2.18. The van der Waals surface area contributed by atoms with E-state index in [1.54, 1.807) is 36.5 Å². The fourth-order valence-electron chi connectivity index (χ4n) is 2.51. The molecule has 27 heavy (non-hydrogen) atoms. The number of amides is 1. The highest BCUT2D eigenvalue weighted by molar-refractivity contribution is 7.98. The van der Waals surface area contributed by atoms with Gasteiger partial charge in [-0.1, -0.05) is 46.2 Å². The lowest BCUT2D eigenvalue weighted by molar-refractivity contribution is 0.0936. The van der Waals surface area contributed by atoms with Crippen LogP contribution in [0.5, 0.6) is 0 Å². The first kappa shape index (κ1) is 19.7. The van der Waals surface area contributed by atoms with Gasteiger partial charge in [-0.3, -0.25) is 4.79 Å². The van der Waals surface area contributed by atoms with Gasteiger partial charge in [0.05, 0.1) is 17.3 Å². The van der Waals surface area contributed by atoms with E-state index in [-0.39, 0.29) is 11.9 Å². The molecule has 1 unspecified atom stereocenters. The topological polar surface area (TPSA) is 68.0 Å². The standard InChI is InChI=1S/C19H17Cl2N3O2S/c1-11-8-14(24-26-11)10-27-19-16(4-3-7-22-19)18(25)23-12(2)15-6-5-13(20)9-17(15)21/h3-9,12H,10H2,1-2H3,(H,23,25). The Morgan fingerprint density at radius 2 is 2.11 bits per heavy atom. The van der Waals surface area contributed by atoms with Crippen molar-refractivity contribution in [1.82, 2.24) is 15.5 Å². The summed E-state index contributed by atoms with van der Waals surface area (Å²) in [4.78, 5) is 17.1. The summed E-state index contributed by atoms with van der Waals surface area (Å²) >= 11 is 13.6. The van der Waals surface area contributed by atoms with E-state index in [0.29, 0.717) is 26.4 Å². The molecule has 0 saturated carbocycles. The van der Waals surface area contributed by atoms with Gasteiger partial charge >= 0.3 is 0 Å². The minimum Gasteiger partial charge on any atom is -0.361 e. The lowest BCUT2D eigenvalue weighted by atomic mass is 10.1. The molecule has 140 valence electrons. The Morgan fingerprint density at radius 3 is 2.81 bits per heavy atom. The van der Waals surface area contributed by atoms with Crippen LogP contribution in [0.4, 0.5) is 0 Å². The molecule has 0 fully saturated rings. The zero-order valence-corrected chi connectivity index (χ0v) is 17.0. The number of hydrogen-bond acceptors (Lipinski definition) is 5. The van der Waals surface area contributed by atoms with Gasteiger partial charge in [0.25, 0.3) is 5.91 Å². The number of nitrogens with zero attached hydrogens (tertiary/aromatic N) is 2. The van der Waals surface area contributed by atoms with E-state index in [4.69, 9.17) is 27.7 Å². The number of benzene rings is 1. The zero-order valence-electron chi connectivity index (χ0n) is 14.7. The Kier molecular flexibility index (Phi) is 6.42. The van der Waals surface area contributed by atoms with Crippen molar-refractivity contribution in [2.24, 2.45) is 0 Å². The molecule has 8 heteroatoms. The number of nitrogens with one attached hydrogen (secondary N) is 1. The smallest absolute Gasteiger partial charge is 0.254 e. The summed E-state index contributed by atoms with van der Waals surface area (Å²) in [6, 6.07) is 10.3. The van der Waals surface area contributed by atoms with Crippen molar-refractivity contribution in [2.45, 2.75) is 30.7 Å². The summed E-state index contributed by atoms with van der Waals surface area (Å²) in [5.41, 5.74) is 2.10. The van der Waals surface area contributed by atoms with E-state index in [2.05, 4.69) is 15.5 Å². The zero-order chi connectivity index (χ0) is 19.4. The minimum atomic E-state index is -0.279. The molecule has 1 aromatic carbocycles. The van der Waals surface area contributed by atoms with Gasteiger partial charge in [0.2, 0.25) is 0 Å². The normalized spacial score (nSPS) is 12.0. The van der Waals surface area contributed by atoms with Crippen LogP contribution in [-0.4, -0.2) is 16.0 Å². The van der Waals surface area contributed by atoms with Gasteiger partial charge in [0.15, 0.2) is 0 Å². The third-order valence-corrected chi connectivity index (χ3v) is 5.43. The number of carbonyl (C=O) groups excluding carboxylic acids is 1. The first-order chi connectivity index (χ1) is 12.9. The Labute approximate surface area is 171 Å². The van der Waals surface area contributed by atoms with E-state index < -0.39 is 0 Å². The highest BCUT2D eigenvalue weighted by atomic mass is 35.5. The van der Waals surface area contributed by atoms with Crippen LogP contribution in [0.3, 0.4) is 0 Å². The number of aryl methyl sites for hydroxylation is 1. The second kappa shape index (κ2) is 8.78. The number of thioether (sulfide) groups is 1. The molecule has 0 aliphatic heterocycles. The average Bonchev–Trinajstić information content (AvgIpc) is 3.05. The van der Waals surface area contributed by atoms with Crippen molar-refractivity contribution in [3.63, 3.8) is 0 Å². The molecule has 0 saturated heterocycles. The summed E-state index contributed by atoms with van der Waals surface area (Å²) in [7, 11) is 0. The summed E-state index contributed by atoms with van der Waals surface area (Å²) in [6.45, 7) is 3.71. The minimum absolute atomic E-state index is 0.222. The van der Waals surface area contributed by atoms with E-state index >= 15 is 0 Å². The monoisotopic (exact) mass is 421 g/mol. The van der Waals surface area contributed by atoms with Crippen LogP contribution >= 0.6 is 35.0 Å². The number of rotatable bonds is 6. The molecule has 3 rings (SSSR count). The van der Waals surface area contributed by atoms with Crippen molar-refractivity contribution in [2.75, 3.05) is 0 Å². The van der Waals surface area contributed by atoms with Gasteiger partial charge in [-0.25, -0.2) is 4.98 Å². The van der Waals surface area contributed by atoms with E-state index in [9.17, 15) is 4.79 Å². The van der Waals surface area contributed by atoms with Crippen LogP contribution in [0, 0.1) is 6.92 Å². The van der Waals surface area contributed by atoms with Gasteiger partial charge < -0.3 is 9.84 Å². The lowest BCUT2D eigenvalue weighted by Crippen LogP contribution is -2.27. The summed E-state index contributed by atoms with van der Waals surface area (Å²) in [5.74, 6) is 1.09. The summed E-state index contributed by atoms with van der Waals surface area (Å²) in [5, 5.41) is 8.62. The fourth-order valence-corrected chi connectivity index (χ4v) is 3.96. The molecule has 2 heterocycles. The Hall–Kier alpha value is -2.02. The molecule has 0 bridgehead atoms. The Bertz CT molecular complexity index is 962. The second-order valence-corrected chi connectivity index (χ2v) is 7.74. The van der Waals surface area contributed by atoms with Gasteiger partial charge in [0, 0.05) is 28.1 Å². The van der Waals surface area contributed by atoms with Crippen LogP contribution in [0.25, 0.3) is 0 Å². The van der Waals surface area contributed by atoms with E-state index in [0.717, 1.165) is 17.0 Å². The van der Waals surface area contributed by atoms with Crippen LogP contribution in [0.1, 0.15) is 40.3 Å². The third kappa shape index (κ3) is 5.03. The number of halogens is 2. The number of carbonyl (C=O) groups is 1. The number of pyridine rings is 1. The average molecular weight is 422 g/mol. The molecule has 1 atom stereocenters. The molecule has 3 aromatic rings. The number of hydrogen-bond donors (Lipinski definition) is 1. The summed E-state index contributed by atoms with van der Waals surface area (Å²) < 4.78 is 5.07. The predicted octanol–water partition coefficient (Wildman–Crippen LogP) is 5.47. The van der Waals surface area contributed by atoms with Crippen molar-refractivity contribution in [3.05, 3.63) is 75.2 Å². The predicted molar refractivity (Wildman–Crippen MR) is 107 cm³/mol. The summed E-state index contributed by atoms with van der Waals surface area (Å²) in [6.07, 6.45) is 1.66. The SMILES string of the molecule is Cc1cc(CSc2ncccc2C(=O)NC(C)c2ccc(Cl)cc2Cl)no1. The Balaban J connectivity index is 1.72. The van der Waals surface area contributed by atoms with Crippen molar-refractivity contribution in [1.29, 1.82) is 0 Å². The Morgan fingerprint density at radius 1 is 1.30 bits per heavy atom. The molecule has 0 aliphatic rings.